The van der Waals surface area contributed by atoms with E-state index in [2.05, 4.69) is 0 Å². The minimum Gasteiger partial charge on any atom is -0.289 e. The lowest BCUT2D eigenvalue weighted by Crippen LogP contribution is -2.66. The maximum atomic E-state index is 14.3. The number of nitro groups is 1. The average molecular weight is 521 g/mol. The van der Waals surface area contributed by atoms with Crippen LogP contribution >= 0.6 is 0 Å². The highest BCUT2D eigenvalue weighted by molar-refractivity contribution is 7.90. The van der Waals surface area contributed by atoms with E-state index in [1.807, 2.05) is 0 Å². The lowest BCUT2D eigenvalue weighted by molar-refractivity contribution is -0.385. The molecule has 1 aromatic rings. The highest BCUT2D eigenvalue weighted by Gasteiger charge is 2.86. The number of carbonyl (C=O) groups excluding carboxylic acids is 1. The summed E-state index contributed by atoms with van der Waals surface area (Å²) in [4.78, 5) is 21.4. The van der Waals surface area contributed by atoms with Crippen LogP contribution in [0.1, 0.15) is 12.5 Å². The van der Waals surface area contributed by atoms with E-state index in [0.29, 0.717) is 19.1 Å². The van der Waals surface area contributed by atoms with Crippen LogP contribution in [0, 0.1) is 10.1 Å². The smallest absolute Gasteiger partial charge is 0.289 e. The van der Waals surface area contributed by atoms with Gasteiger partial charge in [-0.25, -0.2) is 13.9 Å². The number of nitrogens with zero attached hydrogens (tertiary/aromatic N) is 2. The first kappa shape index (κ1) is 28.4. The van der Waals surface area contributed by atoms with Crippen LogP contribution in [-0.2, 0) is 21.4 Å². The van der Waals surface area contributed by atoms with E-state index in [-0.39, 0.29) is 0 Å². The van der Waals surface area contributed by atoms with Crippen LogP contribution in [0.15, 0.2) is 24.3 Å². The van der Waals surface area contributed by atoms with Gasteiger partial charge in [0.15, 0.2) is 0 Å². The van der Waals surface area contributed by atoms with Crippen LogP contribution in [0.25, 0.3) is 0 Å². The van der Waals surface area contributed by atoms with Gasteiger partial charge >= 0.3 is 23.3 Å². The second kappa shape index (κ2) is 8.93. The third-order valence-corrected chi connectivity index (χ3v) is 6.15. The van der Waals surface area contributed by atoms with Crippen LogP contribution < -0.4 is 5.48 Å². The molecule has 0 bridgehead atoms. The second-order valence-corrected chi connectivity index (χ2v) is 8.18. The molecule has 0 aliphatic rings. The van der Waals surface area contributed by atoms with Crippen molar-refractivity contribution >= 4 is 21.6 Å². The fraction of sp³-hybridized carbons (Fsp3) is 0.500. The normalized spacial score (nSPS) is 14.8. The Morgan fingerprint density at radius 1 is 1.09 bits per heavy atom. The molecule has 0 saturated carbocycles. The first-order valence-electron chi connectivity index (χ1n) is 8.06. The number of carbonyl (C=O) groups is 1. The van der Waals surface area contributed by atoms with Crippen molar-refractivity contribution in [2.24, 2.45) is 0 Å². The number of nitro benzene ring substituents is 1. The molecule has 1 rings (SSSR count). The number of halogens is 9. The summed E-state index contributed by atoms with van der Waals surface area (Å²) in [6.07, 6.45) is -7.33. The Hall–Kier alpha value is -2.67. The molecule has 0 aliphatic heterocycles. The molecule has 9 nitrogen and oxygen atoms in total. The number of amides is 1. The summed E-state index contributed by atoms with van der Waals surface area (Å²) >= 11 is 0. The fourth-order valence-corrected chi connectivity index (χ4v) is 3.88. The van der Waals surface area contributed by atoms with E-state index >= 15 is 0 Å². The third kappa shape index (κ3) is 4.69. The molecule has 0 spiro atoms. The summed E-state index contributed by atoms with van der Waals surface area (Å²) in [6.45, 7) is -1.38. The van der Waals surface area contributed by atoms with Crippen LogP contribution in [0.5, 0.6) is 0 Å². The first-order valence-corrected chi connectivity index (χ1v) is 9.50. The summed E-state index contributed by atoms with van der Waals surface area (Å²) in [5, 5.41) is 12.4. The predicted octanol–water partition coefficient (Wildman–Crippen LogP) is 3.05. The van der Waals surface area contributed by atoms with E-state index in [1.165, 1.54) is 0 Å². The second-order valence-electron chi connectivity index (χ2n) is 6.25. The molecular formula is C14H12F9N3O6S. The summed E-state index contributed by atoms with van der Waals surface area (Å²) in [6, 6.07) is 0.693. The number of nitrogens with one attached hydrogen (secondary N) is 1. The predicted molar refractivity (Wildman–Crippen MR) is 87.8 cm³/mol. The number of benzene rings is 1. The minimum atomic E-state index is -7.60. The van der Waals surface area contributed by atoms with E-state index in [0.717, 1.165) is 17.6 Å². The number of rotatable bonds is 9. The van der Waals surface area contributed by atoms with Crippen molar-refractivity contribution in [1.29, 1.82) is 0 Å². The van der Waals surface area contributed by atoms with Gasteiger partial charge in [0.25, 0.3) is 21.6 Å². The van der Waals surface area contributed by atoms with Crippen LogP contribution in [0.3, 0.4) is 0 Å². The molecule has 0 fully saturated rings. The number of hydrogen-bond donors (Lipinski definition) is 2. The molecule has 0 saturated heterocycles. The molecule has 188 valence electrons. The molecule has 2 N–H and O–H groups in total. The number of alkyl halides is 9. The maximum absolute atomic E-state index is 14.3. The molecular weight excluding hydrogens is 509 g/mol. The SMILES string of the molecule is C[C@@H](C(=O)NO)N(Cc1ccccc1[N+](=O)[O-])S(=O)(=O)C(F)(F)C(F)(F)C(F)(F)C(F)(F)F. The Bertz CT molecular complexity index is 1020. The van der Waals surface area contributed by atoms with Gasteiger partial charge < -0.3 is 0 Å². The molecule has 1 amide bonds. The topological polar surface area (TPSA) is 130 Å². The standard InChI is InChI=1S/C14H12F9N3O6S/c1-7(10(27)24-28)25(6-8-4-2-3-5-9(8)26(29)30)33(31,32)14(22,23)12(17,18)11(15,16)13(19,20)21/h2-5,7,28H,6H2,1H3,(H,24,27)/t7-/m0/s1. The molecule has 1 atom stereocenters. The molecule has 33 heavy (non-hydrogen) atoms. The molecule has 0 aliphatic carbocycles. The molecule has 0 heterocycles. The van der Waals surface area contributed by atoms with Gasteiger partial charge in [0.2, 0.25) is 0 Å². The van der Waals surface area contributed by atoms with E-state index < -0.39 is 72.3 Å². The quantitative estimate of drug-likeness (QED) is 0.223. The minimum absolute atomic E-state index is 0.355. The van der Waals surface area contributed by atoms with Gasteiger partial charge in [-0.15, -0.1) is 0 Å². The summed E-state index contributed by atoms with van der Waals surface area (Å²) in [5.74, 6) is -17.1. The van der Waals surface area contributed by atoms with E-state index in [1.54, 1.807) is 0 Å². The Labute approximate surface area is 177 Å². The van der Waals surface area contributed by atoms with Crippen molar-refractivity contribution in [1.82, 2.24) is 9.79 Å². The lowest BCUT2D eigenvalue weighted by atomic mass is 10.1. The number of hydroxylamine groups is 1. The zero-order valence-electron chi connectivity index (χ0n) is 15.8. The summed E-state index contributed by atoms with van der Waals surface area (Å²) in [5.41, 5.74) is -1.11. The maximum Gasteiger partial charge on any atom is 0.460 e. The van der Waals surface area contributed by atoms with Crippen molar-refractivity contribution in [3.8, 4) is 0 Å². The largest absolute Gasteiger partial charge is 0.460 e. The van der Waals surface area contributed by atoms with Gasteiger partial charge in [-0.1, -0.05) is 18.2 Å². The highest BCUT2D eigenvalue weighted by atomic mass is 32.2. The Balaban J connectivity index is 3.77. The monoisotopic (exact) mass is 521 g/mol. The van der Waals surface area contributed by atoms with Gasteiger partial charge in [-0.05, 0) is 6.92 Å². The van der Waals surface area contributed by atoms with Crippen molar-refractivity contribution in [3.63, 3.8) is 0 Å². The Morgan fingerprint density at radius 3 is 2.00 bits per heavy atom. The first-order chi connectivity index (χ1) is 14.7. The highest BCUT2D eigenvalue weighted by Crippen LogP contribution is 2.55. The molecule has 0 aromatic heterocycles. The van der Waals surface area contributed by atoms with E-state index in [4.69, 9.17) is 5.21 Å². The lowest BCUT2D eigenvalue weighted by Gasteiger charge is -2.36. The number of para-hydroxylation sites is 1. The van der Waals surface area contributed by atoms with Crippen molar-refractivity contribution in [3.05, 3.63) is 39.9 Å². The zero-order chi connectivity index (χ0) is 26.2. The van der Waals surface area contributed by atoms with Crippen LogP contribution in [0.4, 0.5) is 45.2 Å². The number of sulfonamides is 1. The Morgan fingerprint density at radius 2 is 1.58 bits per heavy atom. The molecule has 19 heteroatoms. The van der Waals surface area contributed by atoms with E-state index in [9.17, 15) is 62.8 Å². The van der Waals surface area contributed by atoms with Gasteiger partial charge in [0.05, 0.1) is 4.92 Å². The van der Waals surface area contributed by atoms with Gasteiger partial charge in [-0.2, -0.15) is 43.8 Å². The molecule has 1 aromatic carbocycles. The average Bonchev–Trinajstić information content (AvgIpc) is 2.69. The van der Waals surface area contributed by atoms with Crippen molar-refractivity contribution < 1.29 is 62.9 Å². The van der Waals surface area contributed by atoms with Crippen LogP contribution in [0.2, 0.25) is 0 Å². The molecule has 0 unspecified atom stereocenters. The fourth-order valence-electron chi connectivity index (χ4n) is 2.31. The van der Waals surface area contributed by atoms with Crippen molar-refractivity contribution in [2.75, 3.05) is 0 Å². The number of hydrogen-bond acceptors (Lipinski definition) is 6. The van der Waals surface area contributed by atoms with Gasteiger partial charge in [-0.3, -0.25) is 20.1 Å². The van der Waals surface area contributed by atoms with Crippen molar-refractivity contribution in [2.45, 2.75) is 42.8 Å². The van der Waals surface area contributed by atoms with Gasteiger partial charge in [0.1, 0.15) is 6.04 Å². The molecule has 0 radical (unpaired) electrons. The zero-order valence-corrected chi connectivity index (χ0v) is 16.6. The third-order valence-electron chi connectivity index (χ3n) is 4.18. The van der Waals surface area contributed by atoms with Gasteiger partial charge in [0, 0.05) is 18.2 Å². The summed E-state index contributed by atoms with van der Waals surface area (Å²) in [7, 11) is -7.32. The summed E-state index contributed by atoms with van der Waals surface area (Å²) < 4.78 is 143. The Kier molecular flexibility index (Phi) is 7.68. The van der Waals surface area contributed by atoms with Crippen LogP contribution in [-0.4, -0.2) is 58.1 Å².